The van der Waals surface area contributed by atoms with Gasteiger partial charge in [0, 0.05) is 20.2 Å². The fraction of sp³-hybridized carbons (Fsp3) is 0.214. The van der Waals surface area contributed by atoms with Crippen LogP contribution in [0, 0.1) is 0 Å². The average Bonchev–Trinajstić information content (AvgIpc) is 2.77. The zero-order valence-corrected chi connectivity index (χ0v) is 12.4. The molecule has 0 aliphatic heterocycles. The second-order valence-corrected chi connectivity index (χ2v) is 5.12. The summed E-state index contributed by atoms with van der Waals surface area (Å²) >= 11 is 0. The Hall–Kier alpha value is -3.04. The Morgan fingerprint density at radius 3 is 2.33 bits per heavy atom. The van der Waals surface area contributed by atoms with E-state index in [0.29, 0.717) is 15.2 Å². The van der Waals surface area contributed by atoms with Gasteiger partial charge in [-0.05, 0) is 18.2 Å². The van der Waals surface area contributed by atoms with Gasteiger partial charge in [0.05, 0.1) is 11.1 Å². The second-order valence-electron chi connectivity index (χ2n) is 5.12. The lowest BCUT2D eigenvalue weighted by atomic mass is 10.2. The van der Waals surface area contributed by atoms with Crippen molar-refractivity contribution < 1.29 is 17.7 Å². The molecule has 0 radical (unpaired) electrons. The summed E-state index contributed by atoms with van der Waals surface area (Å²) in [5, 5.41) is 0.101. The molecule has 0 amide bonds. The number of hydrogen-bond acceptors (Lipinski definition) is 4. The highest BCUT2D eigenvalue weighted by molar-refractivity contribution is 5.78. The molecule has 0 bridgehead atoms. The van der Waals surface area contributed by atoms with Crippen LogP contribution in [0.15, 0.2) is 43.2 Å². The summed E-state index contributed by atoms with van der Waals surface area (Å²) in [6.07, 6.45) is -4.84. The van der Waals surface area contributed by atoms with Crippen molar-refractivity contribution in [2.24, 2.45) is 14.1 Å². The summed E-state index contributed by atoms with van der Waals surface area (Å²) in [6, 6.07) is 4.22. The molecule has 3 aromatic rings. The number of alkyl halides is 3. The van der Waals surface area contributed by atoms with Crippen LogP contribution in [0.3, 0.4) is 0 Å². The molecule has 1 aromatic carbocycles. The molecule has 0 saturated carbocycles. The van der Waals surface area contributed by atoms with E-state index in [9.17, 15) is 27.6 Å². The average molecular weight is 341 g/mol. The number of aromatic nitrogens is 3. The summed E-state index contributed by atoms with van der Waals surface area (Å²) < 4.78 is 45.5. The Kier molecular flexibility index (Phi) is 3.29. The van der Waals surface area contributed by atoms with Gasteiger partial charge in [0.25, 0.3) is 11.1 Å². The molecule has 3 rings (SSSR count). The van der Waals surface area contributed by atoms with Crippen LogP contribution in [0.1, 0.15) is 5.69 Å². The number of rotatable bonds is 1. The van der Waals surface area contributed by atoms with Crippen molar-refractivity contribution in [3.05, 3.63) is 61.2 Å². The van der Waals surface area contributed by atoms with Crippen molar-refractivity contribution in [2.75, 3.05) is 0 Å². The topological polar surface area (TPSA) is 79.1 Å². The van der Waals surface area contributed by atoms with Crippen molar-refractivity contribution in [3.63, 3.8) is 0 Å². The molecule has 10 heteroatoms. The van der Waals surface area contributed by atoms with Crippen molar-refractivity contribution in [2.45, 2.75) is 6.18 Å². The largest absolute Gasteiger partial charge is 0.431 e. The lowest BCUT2D eigenvalue weighted by Crippen LogP contribution is -2.40. The molecule has 0 fully saturated rings. The Morgan fingerprint density at radius 2 is 1.71 bits per heavy atom. The molecule has 0 saturated heterocycles. The van der Waals surface area contributed by atoms with Crippen LogP contribution in [0.4, 0.5) is 13.2 Å². The Bertz CT molecular complexity index is 1130. The fourth-order valence-corrected chi connectivity index (χ4v) is 2.40. The molecule has 2 aromatic heterocycles. The van der Waals surface area contributed by atoms with Gasteiger partial charge in [0.15, 0.2) is 5.58 Å². The van der Waals surface area contributed by atoms with Crippen molar-refractivity contribution in [3.8, 4) is 5.69 Å². The standard InChI is InChI=1S/C14H10F3N3O4/c1-18-10(14(15,16)17)6-11(21)20(13(18)23)7-3-4-9-8(5-7)12(22)19(2)24-9/h3-6H,1-2H3. The van der Waals surface area contributed by atoms with Gasteiger partial charge in [0.2, 0.25) is 0 Å². The Balaban J connectivity index is 2.33. The first-order chi connectivity index (χ1) is 11.1. The number of nitrogens with zero attached hydrogens (tertiary/aromatic N) is 3. The number of hydrogen-bond donors (Lipinski definition) is 0. The smallest absolute Gasteiger partial charge is 0.376 e. The van der Waals surface area contributed by atoms with Crippen molar-refractivity contribution in [1.82, 2.24) is 13.9 Å². The lowest BCUT2D eigenvalue weighted by Gasteiger charge is -2.13. The van der Waals surface area contributed by atoms with E-state index >= 15 is 0 Å². The quantitative estimate of drug-likeness (QED) is 0.661. The minimum absolute atomic E-state index is 0.0275. The maximum atomic E-state index is 12.8. The molecule has 0 unspecified atom stereocenters. The Labute approximate surface area is 130 Å². The van der Waals surface area contributed by atoms with Gasteiger partial charge >= 0.3 is 11.9 Å². The van der Waals surface area contributed by atoms with Gasteiger partial charge in [-0.1, -0.05) is 0 Å². The van der Waals surface area contributed by atoms with Crippen LogP contribution in [-0.2, 0) is 20.3 Å². The molecule has 7 nitrogen and oxygen atoms in total. The monoisotopic (exact) mass is 341 g/mol. The van der Waals surface area contributed by atoms with E-state index in [1.54, 1.807) is 0 Å². The third-order valence-corrected chi connectivity index (χ3v) is 3.58. The number of benzene rings is 1. The molecule has 0 aliphatic rings. The van der Waals surface area contributed by atoms with Gasteiger partial charge in [0.1, 0.15) is 5.69 Å². The number of fused-ring (bicyclic) bond motifs is 1. The summed E-state index contributed by atoms with van der Waals surface area (Å²) in [5.41, 5.74) is -3.97. The molecule has 0 N–H and O–H groups in total. The molecule has 0 aliphatic carbocycles. The molecular formula is C14H10F3N3O4. The van der Waals surface area contributed by atoms with Crippen LogP contribution in [0.5, 0.6) is 0 Å². The van der Waals surface area contributed by atoms with Crippen LogP contribution >= 0.6 is 0 Å². The fourth-order valence-electron chi connectivity index (χ4n) is 2.40. The van der Waals surface area contributed by atoms with Gasteiger partial charge in [-0.2, -0.15) is 17.9 Å². The molecule has 2 heterocycles. The highest BCUT2D eigenvalue weighted by atomic mass is 19.4. The SMILES string of the molecule is Cn1oc2ccc(-n3c(=O)cc(C(F)(F)F)n(C)c3=O)cc2c1=O. The minimum Gasteiger partial charge on any atom is -0.376 e. The van der Waals surface area contributed by atoms with Crippen LogP contribution in [-0.4, -0.2) is 13.9 Å². The van der Waals surface area contributed by atoms with Gasteiger partial charge in [-0.15, -0.1) is 0 Å². The summed E-state index contributed by atoms with van der Waals surface area (Å²) in [5.74, 6) is 0. The summed E-state index contributed by atoms with van der Waals surface area (Å²) in [4.78, 5) is 36.1. The Morgan fingerprint density at radius 1 is 1.04 bits per heavy atom. The maximum absolute atomic E-state index is 12.8. The number of halogens is 3. The highest BCUT2D eigenvalue weighted by Crippen LogP contribution is 2.27. The minimum atomic E-state index is -4.84. The van der Waals surface area contributed by atoms with E-state index in [0.717, 1.165) is 11.8 Å². The van der Waals surface area contributed by atoms with Gasteiger partial charge in [-0.25, -0.2) is 9.36 Å². The first-order valence-corrected chi connectivity index (χ1v) is 6.62. The van der Waals surface area contributed by atoms with E-state index in [-0.39, 0.29) is 16.7 Å². The third kappa shape index (κ3) is 2.27. The van der Waals surface area contributed by atoms with E-state index in [2.05, 4.69) is 0 Å². The third-order valence-electron chi connectivity index (χ3n) is 3.58. The predicted octanol–water partition coefficient (Wildman–Crippen LogP) is 1.000. The van der Waals surface area contributed by atoms with Crippen LogP contribution < -0.4 is 16.8 Å². The number of aryl methyl sites for hydroxylation is 1. The maximum Gasteiger partial charge on any atom is 0.431 e. The first kappa shape index (κ1) is 15.8. The summed E-state index contributed by atoms with van der Waals surface area (Å²) in [7, 11) is 2.29. The lowest BCUT2D eigenvalue weighted by molar-refractivity contribution is -0.144. The zero-order valence-electron chi connectivity index (χ0n) is 12.4. The molecule has 0 spiro atoms. The van der Waals surface area contributed by atoms with Gasteiger partial charge in [-0.3, -0.25) is 14.2 Å². The molecule has 24 heavy (non-hydrogen) atoms. The van der Waals surface area contributed by atoms with E-state index < -0.39 is 28.7 Å². The predicted molar refractivity (Wildman–Crippen MR) is 77.3 cm³/mol. The molecule has 126 valence electrons. The normalized spacial score (nSPS) is 12.0. The van der Waals surface area contributed by atoms with Crippen molar-refractivity contribution in [1.29, 1.82) is 0 Å². The van der Waals surface area contributed by atoms with Crippen molar-refractivity contribution >= 4 is 11.0 Å². The van der Waals surface area contributed by atoms with E-state index in [1.807, 2.05) is 0 Å². The molecule has 0 atom stereocenters. The van der Waals surface area contributed by atoms with E-state index in [1.165, 1.54) is 25.2 Å². The summed E-state index contributed by atoms with van der Waals surface area (Å²) in [6.45, 7) is 0. The van der Waals surface area contributed by atoms with Crippen LogP contribution in [0.2, 0.25) is 0 Å². The highest BCUT2D eigenvalue weighted by Gasteiger charge is 2.35. The van der Waals surface area contributed by atoms with Gasteiger partial charge < -0.3 is 4.52 Å². The second kappa shape index (κ2) is 4.98. The van der Waals surface area contributed by atoms with E-state index in [4.69, 9.17) is 4.52 Å². The first-order valence-electron chi connectivity index (χ1n) is 6.62. The molecular weight excluding hydrogens is 331 g/mol. The zero-order chi connectivity index (χ0) is 17.8. The van der Waals surface area contributed by atoms with Crippen LogP contribution in [0.25, 0.3) is 16.7 Å².